The van der Waals surface area contributed by atoms with Crippen molar-refractivity contribution in [3.8, 4) is 6.07 Å². The van der Waals surface area contributed by atoms with Crippen molar-refractivity contribution < 1.29 is 0 Å². The highest BCUT2D eigenvalue weighted by atomic mass is 14.9. The Morgan fingerprint density at radius 2 is 1.84 bits per heavy atom. The Balaban J connectivity index is 1.85. The topological polar surface area (TPSA) is 61.8 Å². The summed E-state index contributed by atoms with van der Waals surface area (Å²) < 4.78 is 0. The Morgan fingerprint density at radius 3 is 2.58 bits per heavy atom. The monoisotopic (exact) mass is 251 g/mol. The van der Waals surface area contributed by atoms with Crippen molar-refractivity contribution >= 4 is 11.4 Å². The van der Waals surface area contributed by atoms with Gasteiger partial charge in [0.25, 0.3) is 0 Å². The van der Waals surface area contributed by atoms with Crippen LogP contribution >= 0.6 is 0 Å². The number of nitrogen functional groups attached to an aromatic ring is 1. The highest BCUT2D eigenvalue weighted by molar-refractivity contribution is 5.72. The molecule has 2 aromatic rings. The van der Waals surface area contributed by atoms with Gasteiger partial charge in [-0.1, -0.05) is 36.4 Å². The molecule has 0 bridgehead atoms. The SMILES string of the molecule is N#Cc1cccc(NCCCc2ccccc2)c1N. The summed E-state index contributed by atoms with van der Waals surface area (Å²) in [7, 11) is 0. The van der Waals surface area contributed by atoms with Gasteiger partial charge in [0.2, 0.25) is 0 Å². The second-order valence-electron chi connectivity index (χ2n) is 4.39. The Hall–Kier alpha value is -2.47. The number of anilines is 2. The number of rotatable bonds is 5. The number of nitrogens with one attached hydrogen (secondary N) is 1. The first-order chi connectivity index (χ1) is 9.31. The van der Waals surface area contributed by atoms with Gasteiger partial charge in [0.1, 0.15) is 6.07 Å². The smallest absolute Gasteiger partial charge is 0.101 e. The molecular weight excluding hydrogens is 234 g/mol. The minimum atomic E-state index is 0.521. The van der Waals surface area contributed by atoms with E-state index in [-0.39, 0.29) is 0 Å². The summed E-state index contributed by atoms with van der Waals surface area (Å²) in [6.45, 7) is 0.841. The van der Waals surface area contributed by atoms with Crippen molar-refractivity contribution in [2.45, 2.75) is 12.8 Å². The van der Waals surface area contributed by atoms with E-state index in [0.29, 0.717) is 11.3 Å². The van der Waals surface area contributed by atoms with Crippen molar-refractivity contribution in [1.29, 1.82) is 5.26 Å². The molecule has 0 aromatic heterocycles. The van der Waals surface area contributed by atoms with E-state index in [1.54, 1.807) is 6.07 Å². The number of para-hydroxylation sites is 1. The van der Waals surface area contributed by atoms with Gasteiger partial charge in [0.05, 0.1) is 16.9 Å². The number of aryl methyl sites for hydroxylation is 1. The quantitative estimate of drug-likeness (QED) is 0.633. The maximum atomic E-state index is 8.91. The van der Waals surface area contributed by atoms with E-state index in [9.17, 15) is 0 Å². The molecule has 3 heteroatoms. The predicted octanol–water partition coefficient (Wildman–Crippen LogP) is 3.19. The van der Waals surface area contributed by atoms with Crippen molar-refractivity contribution in [2.75, 3.05) is 17.6 Å². The molecule has 0 aliphatic rings. The van der Waals surface area contributed by atoms with Crippen LogP contribution in [0.2, 0.25) is 0 Å². The normalized spacial score (nSPS) is 9.84. The molecule has 0 spiro atoms. The maximum Gasteiger partial charge on any atom is 0.101 e. The summed E-state index contributed by atoms with van der Waals surface area (Å²) in [4.78, 5) is 0. The van der Waals surface area contributed by atoms with Gasteiger partial charge in [-0.3, -0.25) is 0 Å². The highest BCUT2D eigenvalue weighted by Crippen LogP contribution is 2.21. The maximum absolute atomic E-state index is 8.91. The highest BCUT2D eigenvalue weighted by Gasteiger charge is 2.03. The lowest BCUT2D eigenvalue weighted by Crippen LogP contribution is -2.06. The van der Waals surface area contributed by atoms with E-state index >= 15 is 0 Å². The summed E-state index contributed by atoms with van der Waals surface area (Å²) >= 11 is 0. The molecule has 2 rings (SSSR count). The molecule has 0 radical (unpaired) electrons. The Morgan fingerprint density at radius 1 is 1.05 bits per heavy atom. The molecule has 3 N–H and O–H groups in total. The standard InChI is InChI=1S/C16H17N3/c17-12-14-9-4-10-15(16(14)18)19-11-5-8-13-6-2-1-3-7-13/h1-4,6-7,9-10,19H,5,8,11,18H2. The van der Waals surface area contributed by atoms with Crippen molar-refractivity contribution in [3.63, 3.8) is 0 Å². The zero-order chi connectivity index (χ0) is 13.5. The first kappa shape index (κ1) is 13.0. The lowest BCUT2D eigenvalue weighted by atomic mass is 10.1. The molecule has 0 fully saturated rings. The lowest BCUT2D eigenvalue weighted by Gasteiger charge is -2.10. The Kier molecular flexibility index (Phi) is 4.41. The van der Waals surface area contributed by atoms with Crippen LogP contribution < -0.4 is 11.1 Å². The molecular formula is C16H17N3. The van der Waals surface area contributed by atoms with E-state index in [1.165, 1.54) is 5.56 Å². The van der Waals surface area contributed by atoms with E-state index in [0.717, 1.165) is 25.1 Å². The van der Waals surface area contributed by atoms with Gasteiger partial charge in [0.15, 0.2) is 0 Å². The zero-order valence-electron chi connectivity index (χ0n) is 10.8. The van der Waals surface area contributed by atoms with Crippen LogP contribution in [0.25, 0.3) is 0 Å². The van der Waals surface area contributed by atoms with Gasteiger partial charge < -0.3 is 11.1 Å². The van der Waals surface area contributed by atoms with Crippen LogP contribution in [0.5, 0.6) is 0 Å². The van der Waals surface area contributed by atoms with Gasteiger partial charge >= 0.3 is 0 Å². The molecule has 0 amide bonds. The molecule has 0 unspecified atom stereocenters. The number of benzene rings is 2. The van der Waals surface area contributed by atoms with E-state index in [4.69, 9.17) is 11.0 Å². The number of nitrogens with two attached hydrogens (primary N) is 1. The van der Waals surface area contributed by atoms with Crippen molar-refractivity contribution in [3.05, 3.63) is 59.7 Å². The minimum Gasteiger partial charge on any atom is -0.396 e. The third-order valence-corrected chi connectivity index (χ3v) is 3.03. The van der Waals surface area contributed by atoms with Crippen molar-refractivity contribution in [1.82, 2.24) is 0 Å². The Labute approximate surface area is 113 Å². The number of hydrogen-bond acceptors (Lipinski definition) is 3. The van der Waals surface area contributed by atoms with Crippen LogP contribution in [-0.4, -0.2) is 6.54 Å². The molecule has 0 aliphatic heterocycles. The second-order valence-corrected chi connectivity index (χ2v) is 4.39. The first-order valence-electron chi connectivity index (χ1n) is 6.37. The number of nitriles is 1. The lowest BCUT2D eigenvalue weighted by molar-refractivity contribution is 0.863. The number of nitrogens with zero attached hydrogens (tertiary/aromatic N) is 1. The van der Waals surface area contributed by atoms with Crippen LogP contribution in [0.15, 0.2) is 48.5 Å². The third kappa shape index (κ3) is 3.49. The molecule has 2 aromatic carbocycles. The van der Waals surface area contributed by atoms with E-state index in [2.05, 4.69) is 35.7 Å². The van der Waals surface area contributed by atoms with Crippen LogP contribution in [0.4, 0.5) is 11.4 Å². The van der Waals surface area contributed by atoms with Gasteiger partial charge in [-0.25, -0.2) is 0 Å². The largest absolute Gasteiger partial charge is 0.396 e. The average Bonchev–Trinajstić information content (AvgIpc) is 2.46. The second kappa shape index (κ2) is 6.46. The average molecular weight is 251 g/mol. The summed E-state index contributed by atoms with van der Waals surface area (Å²) in [5.41, 5.74) is 9.13. The summed E-state index contributed by atoms with van der Waals surface area (Å²) in [6.07, 6.45) is 2.06. The molecule has 96 valence electrons. The van der Waals surface area contributed by atoms with Crippen LogP contribution in [-0.2, 0) is 6.42 Å². The fraction of sp³-hybridized carbons (Fsp3) is 0.188. The fourth-order valence-electron chi connectivity index (χ4n) is 1.98. The minimum absolute atomic E-state index is 0.521. The molecule has 0 atom stereocenters. The van der Waals surface area contributed by atoms with Crippen molar-refractivity contribution in [2.24, 2.45) is 0 Å². The van der Waals surface area contributed by atoms with Crippen LogP contribution in [0, 0.1) is 11.3 Å². The Bertz CT molecular complexity index is 570. The van der Waals surface area contributed by atoms with Gasteiger partial charge in [-0.2, -0.15) is 5.26 Å². The summed E-state index contributed by atoms with van der Waals surface area (Å²) in [5.74, 6) is 0. The molecule has 0 saturated carbocycles. The fourth-order valence-corrected chi connectivity index (χ4v) is 1.98. The number of hydrogen-bond donors (Lipinski definition) is 2. The van der Waals surface area contributed by atoms with Gasteiger partial charge in [-0.15, -0.1) is 0 Å². The molecule has 0 saturated heterocycles. The molecule has 0 aliphatic carbocycles. The predicted molar refractivity (Wildman–Crippen MR) is 78.8 cm³/mol. The summed E-state index contributed by atoms with van der Waals surface area (Å²) in [6, 6.07) is 17.9. The molecule has 19 heavy (non-hydrogen) atoms. The summed E-state index contributed by atoms with van der Waals surface area (Å²) in [5, 5.41) is 12.2. The zero-order valence-corrected chi connectivity index (χ0v) is 10.8. The van der Waals surface area contributed by atoms with Gasteiger partial charge in [0, 0.05) is 6.54 Å². The van der Waals surface area contributed by atoms with Gasteiger partial charge in [-0.05, 0) is 30.5 Å². The van der Waals surface area contributed by atoms with E-state index in [1.807, 2.05) is 18.2 Å². The molecule has 3 nitrogen and oxygen atoms in total. The molecule has 0 heterocycles. The van der Waals surface area contributed by atoms with Crippen LogP contribution in [0.1, 0.15) is 17.5 Å². The third-order valence-electron chi connectivity index (χ3n) is 3.03. The van der Waals surface area contributed by atoms with E-state index < -0.39 is 0 Å². The van der Waals surface area contributed by atoms with Crippen LogP contribution in [0.3, 0.4) is 0 Å². The first-order valence-corrected chi connectivity index (χ1v) is 6.37.